The van der Waals surface area contributed by atoms with E-state index >= 15 is 4.39 Å². The molecule has 4 aromatic rings. The molecule has 3 N–H and O–H groups in total. The van der Waals surface area contributed by atoms with Crippen molar-refractivity contribution in [3.05, 3.63) is 40.4 Å². The van der Waals surface area contributed by atoms with Gasteiger partial charge in [-0.05, 0) is 56.8 Å². The second-order valence-electron chi connectivity index (χ2n) is 14.6. The van der Waals surface area contributed by atoms with Crippen molar-refractivity contribution >= 4 is 60.7 Å². The van der Waals surface area contributed by atoms with E-state index in [1.807, 2.05) is 6.07 Å². The minimum atomic E-state index is -1.09. The number of rotatable bonds is 6. The summed E-state index contributed by atoms with van der Waals surface area (Å²) in [4.78, 5) is 27.9. The van der Waals surface area contributed by atoms with Gasteiger partial charge in [0, 0.05) is 60.9 Å². The fraction of sp³-hybridized carbons (Fsp3) is 0.500. The minimum Gasteiger partial charge on any atom is -0.461 e. The highest BCUT2D eigenvalue weighted by molar-refractivity contribution is 7.23. The first-order chi connectivity index (χ1) is 24.4. The van der Waals surface area contributed by atoms with Crippen LogP contribution in [0.2, 0.25) is 5.02 Å². The van der Waals surface area contributed by atoms with Crippen LogP contribution in [0.25, 0.3) is 32.1 Å². The van der Waals surface area contributed by atoms with E-state index in [1.165, 1.54) is 19.1 Å². The van der Waals surface area contributed by atoms with E-state index in [1.54, 1.807) is 11.0 Å². The second-order valence-corrected chi connectivity index (χ2v) is 16.1. The number of nitrogens with zero attached hydrogens (tertiary/aromatic N) is 6. The number of benzene rings is 2. The Morgan fingerprint density at radius 1 is 1.22 bits per heavy atom. The number of aromatic nitrogens is 2. The largest absolute Gasteiger partial charge is 0.461 e. The smallest absolute Gasteiger partial charge is 0.319 e. The summed E-state index contributed by atoms with van der Waals surface area (Å²) in [5.41, 5.74) is 5.45. The van der Waals surface area contributed by atoms with Gasteiger partial charge in [-0.2, -0.15) is 15.2 Å². The second kappa shape index (κ2) is 12.6. The third kappa shape index (κ3) is 5.64. The van der Waals surface area contributed by atoms with Gasteiger partial charge in [-0.3, -0.25) is 9.69 Å². The van der Waals surface area contributed by atoms with E-state index in [0.29, 0.717) is 50.3 Å². The molecule has 51 heavy (non-hydrogen) atoms. The number of ether oxygens (including phenoxy) is 1. The van der Waals surface area contributed by atoms with Crippen molar-refractivity contribution in [2.24, 2.45) is 5.41 Å². The topological polar surface area (TPSA) is 132 Å². The number of nitrogens with two attached hydrogens (primary N) is 1. The van der Waals surface area contributed by atoms with Gasteiger partial charge in [0.15, 0.2) is 5.82 Å². The SMILES string of the molecule is CC(O)C(=O)N1CC2(CCCCN(c3nc(OC[C@@]45CCCN4C[C@H](F)C5)nc4c(F)c(-c5ccc(F)c6sc(N)c(C#N)c56)c(Cl)cc34)C2)C1. The molecule has 0 bridgehead atoms. The van der Waals surface area contributed by atoms with Crippen molar-refractivity contribution in [3.8, 4) is 23.2 Å². The summed E-state index contributed by atoms with van der Waals surface area (Å²) >= 11 is 7.82. The van der Waals surface area contributed by atoms with Gasteiger partial charge in [0.2, 0.25) is 0 Å². The summed E-state index contributed by atoms with van der Waals surface area (Å²) in [5.74, 6) is -1.28. The number of halogens is 4. The average Bonchev–Trinajstić information content (AvgIpc) is 3.66. The summed E-state index contributed by atoms with van der Waals surface area (Å²) in [6.07, 6.45) is 2.58. The van der Waals surface area contributed by atoms with Crippen molar-refractivity contribution in [3.63, 3.8) is 0 Å². The van der Waals surface area contributed by atoms with Crippen molar-refractivity contribution in [1.82, 2.24) is 19.8 Å². The molecule has 3 atom stereocenters. The molecule has 4 aliphatic heterocycles. The van der Waals surface area contributed by atoms with Crippen molar-refractivity contribution in [2.75, 3.05) is 56.5 Å². The third-order valence-corrected chi connectivity index (χ3v) is 12.5. The molecule has 1 spiro atoms. The number of aliphatic hydroxyl groups excluding tert-OH is 1. The molecule has 0 aliphatic carbocycles. The molecule has 2 aromatic carbocycles. The number of hydrogen-bond acceptors (Lipinski definition) is 10. The lowest BCUT2D eigenvalue weighted by Crippen LogP contribution is -2.63. The Bertz CT molecular complexity index is 2120. The Morgan fingerprint density at radius 2 is 2.02 bits per heavy atom. The lowest BCUT2D eigenvalue weighted by atomic mass is 9.75. The Kier molecular flexibility index (Phi) is 8.48. The van der Waals surface area contributed by atoms with E-state index in [2.05, 4.69) is 14.8 Å². The predicted octanol–water partition coefficient (Wildman–Crippen LogP) is 6.05. The number of anilines is 2. The number of carbonyl (C=O) groups excluding carboxylic acids is 1. The molecule has 6 heterocycles. The molecule has 1 unspecified atom stereocenters. The van der Waals surface area contributed by atoms with Crippen molar-refractivity contribution in [2.45, 2.75) is 63.3 Å². The number of alkyl halides is 1. The van der Waals surface area contributed by atoms with Crippen LogP contribution in [-0.2, 0) is 4.79 Å². The van der Waals surface area contributed by atoms with Crippen LogP contribution in [0.3, 0.4) is 0 Å². The predicted molar refractivity (Wildman–Crippen MR) is 190 cm³/mol. The van der Waals surface area contributed by atoms with Crippen LogP contribution in [-0.4, -0.2) is 94.5 Å². The van der Waals surface area contributed by atoms with Gasteiger partial charge in [-0.25, -0.2) is 13.2 Å². The zero-order valence-electron chi connectivity index (χ0n) is 28.0. The molecule has 268 valence electrons. The molecule has 15 heteroatoms. The molecule has 0 radical (unpaired) electrons. The van der Waals surface area contributed by atoms with Crippen LogP contribution in [0.1, 0.15) is 51.0 Å². The fourth-order valence-electron chi connectivity index (χ4n) is 8.86. The van der Waals surface area contributed by atoms with E-state index in [9.17, 15) is 23.9 Å². The summed E-state index contributed by atoms with van der Waals surface area (Å²) < 4.78 is 53.1. The highest BCUT2D eigenvalue weighted by Gasteiger charge is 2.50. The molecule has 10 nitrogen and oxygen atoms in total. The van der Waals surface area contributed by atoms with Crippen LogP contribution < -0.4 is 15.4 Å². The first-order valence-electron chi connectivity index (χ1n) is 17.3. The fourth-order valence-corrected chi connectivity index (χ4v) is 10.1. The molecule has 0 saturated carbocycles. The Balaban J connectivity index is 1.25. The van der Waals surface area contributed by atoms with Gasteiger partial charge in [-0.1, -0.05) is 24.1 Å². The van der Waals surface area contributed by atoms with E-state index in [0.717, 1.165) is 50.0 Å². The highest BCUT2D eigenvalue weighted by Crippen LogP contribution is 2.47. The van der Waals surface area contributed by atoms with Crippen LogP contribution in [0.15, 0.2) is 18.2 Å². The normalized spacial score (nSPS) is 23.7. The zero-order valence-corrected chi connectivity index (χ0v) is 29.6. The Hall–Kier alpha value is -3.90. The highest BCUT2D eigenvalue weighted by atomic mass is 35.5. The van der Waals surface area contributed by atoms with Crippen LogP contribution in [0.4, 0.5) is 24.0 Å². The first kappa shape index (κ1) is 34.2. The number of fused-ring (bicyclic) bond motifs is 3. The summed E-state index contributed by atoms with van der Waals surface area (Å²) in [6, 6.07) is 6.14. The van der Waals surface area contributed by atoms with Crippen LogP contribution in [0, 0.1) is 28.4 Å². The Morgan fingerprint density at radius 3 is 2.78 bits per heavy atom. The zero-order chi connectivity index (χ0) is 35.8. The van der Waals surface area contributed by atoms with Crippen molar-refractivity contribution < 1.29 is 27.8 Å². The van der Waals surface area contributed by atoms with Crippen LogP contribution >= 0.6 is 22.9 Å². The summed E-state index contributed by atoms with van der Waals surface area (Å²) in [6.45, 7) is 4.79. The monoisotopic (exact) mass is 739 g/mol. The number of carbonyl (C=O) groups is 1. The number of hydrogen-bond donors (Lipinski definition) is 2. The number of thiophene rings is 1. The van der Waals surface area contributed by atoms with E-state index < -0.39 is 29.4 Å². The number of nitrogen functional groups attached to an aromatic ring is 1. The Labute approximate surface area is 301 Å². The van der Waals surface area contributed by atoms with E-state index in [4.69, 9.17) is 27.1 Å². The van der Waals surface area contributed by atoms with Crippen molar-refractivity contribution in [1.29, 1.82) is 5.26 Å². The molecular formula is C36H37ClF3N7O3S. The molecule has 8 rings (SSSR count). The average molecular weight is 740 g/mol. The standard InChI is InChI=1S/C36H37ClF3N7O3S/c1-19(48)33(49)46-16-35(17-46)7-2-3-9-45(15-35)32-22-11-24(37)27(21-5-6-25(39)30-26(21)23(13-41)31(42)51-30)28(40)29(22)43-34(44-32)50-18-36-8-4-10-47(36)14-20(38)12-36/h5-6,11,19-20,48H,2-4,7-10,12,14-18,42H2,1H3/t19?,20-,36+/m1/s1. The quantitative estimate of drug-likeness (QED) is 0.243. The minimum absolute atomic E-state index is 0.0161. The van der Waals surface area contributed by atoms with Gasteiger partial charge in [0.25, 0.3) is 5.91 Å². The maximum Gasteiger partial charge on any atom is 0.319 e. The lowest BCUT2D eigenvalue weighted by Gasteiger charge is -2.51. The molecular weight excluding hydrogens is 703 g/mol. The number of aliphatic hydroxyl groups is 1. The van der Waals surface area contributed by atoms with Gasteiger partial charge in [0.1, 0.15) is 47.1 Å². The lowest BCUT2D eigenvalue weighted by molar-refractivity contribution is -0.151. The van der Waals surface area contributed by atoms with Crippen LogP contribution in [0.5, 0.6) is 6.01 Å². The number of likely N-dealkylation sites (tertiary alicyclic amines) is 1. The molecule has 2 aromatic heterocycles. The first-order valence-corrected chi connectivity index (χ1v) is 18.5. The molecule has 4 aliphatic rings. The maximum absolute atomic E-state index is 17.2. The van der Waals surface area contributed by atoms with Gasteiger partial charge in [-0.15, -0.1) is 11.3 Å². The van der Waals surface area contributed by atoms with E-state index in [-0.39, 0.29) is 66.3 Å². The molecule has 4 saturated heterocycles. The summed E-state index contributed by atoms with van der Waals surface area (Å²) in [5, 5.41) is 20.4. The third-order valence-electron chi connectivity index (χ3n) is 11.2. The van der Waals surface area contributed by atoms with Gasteiger partial charge in [0.05, 0.1) is 20.8 Å². The molecule has 1 amide bonds. The summed E-state index contributed by atoms with van der Waals surface area (Å²) in [7, 11) is 0. The molecule has 4 fully saturated rings. The van der Waals surface area contributed by atoms with Gasteiger partial charge >= 0.3 is 6.01 Å². The number of amides is 1. The van der Waals surface area contributed by atoms with Gasteiger partial charge < -0.3 is 25.4 Å². The number of nitriles is 1. The maximum atomic E-state index is 17.2.